The molecule has 0 aliphatic carbocycles. The largest absolute Gasteiger partial charge is 0.493 e. The lowest BCUT2D eigenvalue weighted by Crippen LogP contribution is -2.18. The molecule has 2 N–H and O–H groups in total. The molecule has 1 rings (SSSR count). The van der Waals surface area contributed by atoms with E-state index in [1.165, 1.54) is 12.1 Å². The molecule has 0 aromatic heterocycles. The molecule has 7 heteroatoms. The highest BCUT2D eigenvalue weighted by Gasteiger charge is 2.27. The van der Waals surface area contributed by atoms with Crippen LogP contribution in [0.1, 0.15) is 6.42 Å². The maximum Gasteiger partial charge on any atom is 0.411 e. The van der Waals surface area contributed by atoms with Crippen LogP contribution in [0.4, 0.5) is 23.2 Å². The highest BCUT2D eigenvalue weighted by atomic mass is 19.4. The molecule has 0 radical (unpaired) electrons. The maximum absolute atomic E-state index is 13.0. The molecule has 0 spiro atoms. The van der Waals surface area contributed by atoms with Crippen LogP contribution in [0.15, 0.2) is 18.2 Å². The van der Waals surface area contributed by atoms with Crippen LogP contribution < -0.4 is 10.5 Å². The van der Waals surface area contributed by atoms with Crippen molar-refractivity contribution in [3.8, 4) is 5.75 Å². The van der Waals surface area contributed by atoms with Crippen molar-refractivity contribution >= 4 is 5.69 Å². The van der Waals surface area contributed by atoms with Gasteiger partial charge in [-0.05, 0) is 12.1 Å². The first-order valence-electron chi connectivity index (χ1n) is 5.21. The van der Waals surface area contributed by atoms with Crippen molar-refractivity contribution in [2.24, 2.45) is 0 Å². The van der Waals surface area contributed by atoms with Gasteiger partial charge in [-0.25, -0.2) is 4.39 Å². The Kier molecular flexibility index (Phi) is 5.21. The number of rotatable bonds is 6. The molecule has 0 heterocycles. The fourth-order valence-electron chi connectivity index (χ4n) is 1.14. The molecule has 102 valence electrons. The highest BCUT2D eigenvalue weighted by molar-refractivity contribution is 5.43. The first-order valence-corrected chi connectivity index (χ1v) is 5.21. The van der Waals surface area contributed by atoms with Crippen LogP contribution >= 0.6 is 0 Å². The Labute approximate surface area is 101 Å². The van der Waals surface area contributed by atoms with E-state index in [4.69, 9.17) is 10.5 Å². The molecule has 0 aliphatic heterocycles. The zero-order valence-electron chi connectivity index (χ0n) is 9.47. The van der Waals surface area contributed by atoms with E-state index >= 15 is 0 Å². The molecule has 0 aliphatic rings. The van der Waals surface area contributed by atoms with Gasteiger partial charge < -0.3 is 15.2 Å². The number of halogens is 4. The smallest absolute Gasteiger partial charge is 0.411 e. The number of anilines is 1. The van der Waals surface area contributed by atoms with Gasteiger partial charge in [0.15, 0.2) is 0 Å². The van der Waals surface area contributed by atoms with Gasteiger partial charge in [-0.1, -0.05) is 0 Å². The van der Waals surface area contributed by atoms with E-state index in [9.17, 15) is 17.6 Å². The molecule has 0 saturated carbocycles. The maximum atomic E-state index is 13.0. The van der Waals surface area contributed by atoms with E-state index in [0.29, 0.717) is 0 Å². The average Bonchev–Trinajstić information content (AvgIpc) is 2.26. The summed E-state index contributed by atoms with van der Waals surface area (Å²) in [6, 6.07) is 3.95. The summed E-state index contributed by atoms with van der Waals surface area (Å²) in [6.07, 6.45) is -4.04. The van der Waals surface area contributed by atoms with Gasteiger partial charge in [0.05, 0.1) is 18.9 Å². The van der Waals surface area contributed by atoms with Gasteiger partial charge in [0.25, 0.3) is 0 Å². The average molecular weight is 267 g/mol. The Balaban J connectivity index is 2.16. The lowest BCUT2D eigenvalue weighted by Gasteiger charge is -2.09. The molecule has 0 bridgehead atoms. The van der Waals surface area contributed by atoms with Crippen molar-refractivity contribution in [2.75, 3.05) is 25.6 Å². The summed E-state index contributed by atoms with van der Waals surface area (Å²) in [7, 11) is 0. The van der Waals surface area contributed by atoms with Gasteiger partial charge in [0, 0.05) is 12.5 Å². The molecule has 0 saturated heterocycles. The molecule has 0 unspecified atom stereocenters. The molecule has 0 fully saturated rings. The third-order valence-electron chi connectivity index (χ3n) is 1.94. The summed E-state index contributed by atoms with van der Waals surface area (Å²) in [5.74, 6) is -0.321. The first-order chi connectivity index (χ1) is 8.38. The molecular formula is C11H13F4NO2. The molecule has 1 aromatic rings. The number of benzene rings is 1. The molecule has 18 heavy (non-hydrogen) atoms. The zero-order chi connectivity index (χ0) is 13.6. The first kappa shape index (κ1) is 14.6. The van der Waals surface area contributed by atoms with Crippen LogP contribution in [0.5, 0.6) is 5.75 Å². The predicted octanol–water partition coefficient (Wildman–Crippen LogP) is 2.76. The summed E-state index contributed by atoms with van der Waals surface area (Å²) < 4.78 is 57.6. The van der Waals surface area contributed by atoms with Crippen LogP contribution in [0.2, 0.25) is 0 Å². The predicted molar refractivity (Wildman–Crippen MR) is 57.8 cm³/mol. The van der Waals surface area contributed by atoms with E-state index < -0.39 is 18.6 Å². The minimum absolute atomic E-state index is 0.0101. The summed E-state index contributed by atoms with van der Waals surface area (Å²) in [6.45, 7) is -1.21. The van der Waals surface area contributed by atoms with E-state index in [1.54, 1.807) is 0 Å². The minimum atomic E-state index is -4.32. The minimum Gasteiger partial charge on any atom is -0.493 e. The number of nitrogen functional groups attached to an aromatic ring is 1. The molecular weight excluding hydrogens is 254 g/mol. The van der Waals surface area contributed by atoms with Crippen molar-refractivity contribution in [2.45, 2.75) is 12.6 Å². The Morgan fingerprint density at radius 1 is 1.17 bits per heavy atom. The fourth-order valence-corrected chi connectivity index (χ4v) is 1.14. The SMILES string of the molecule is Nc1ccc(OCCCOCC(F)(F)F)cc1F. The third-order valence-corrected chi connectivity index (χ3v) is 1.94. The Morgan fingerprint density at radius 2 is 1.89 bits per heavy atom. The standard InChI is InChI=1S/C11H13F4NO2/c12-9-6-8(2-3-10(9)16)18-5-1-4-17-7-11(13,14)15/h2-3,6H,1,4-5,7,16H2. The van der Waals surface area contributed by atoms with Gasteiger partial charge in [-0.15, -0.1) is 0 Å². The Bertz CT molecular complexity index is 382. The van der Waals surface area contributed by atoms with Crippen LogP contribution in [0, 0.1) is 5.82 Å². The van der Waals surface area contributed by atoms with E-state index in [-0.39, 0.29) is 31.1 Å². The second kappa shape index (κ2) is 6.44. The van der Waals surface area contributed by atoms with Crippen LogP contribution in [-0.4, -0.2) is 26.0 Å². The molecule has 1 aromatic carbocycles. The quantitative estimate of drug-likeness (QED) is 0.489. The number of ether oxygens (including phenoxy) is 2. The van der Waals surface area contributed by atoms with Gasteiger partial charge in [-0.3, -0.25) is 0 Å². The molecule has 0 amide bonds. The van der Waals surface area contributed by atoms with Crippen LogP contribution in [0.25, 0.3) is 0 Å². The normalized spacial score (nSPS) is 11.6. The van der Waals surface area contributed by atoms with Gasteiger partial charge in [0.2, 0.25) is 0 Å². The van der Waals surface area contributed by atoms with Crippen molar-refractivity contribution in [3.05, 3.63) is 24.0 Å². The van der Waals surface area contributed by atoms with Crippen molar-refractivity contribution in [1.29, 1.82) is 0 Å². The van der Waals surface area contributed by atoms with E-state index in [2.05, 4.69) is 4.74 Å². The summed E-state index contributed by atoms with van der Waals surface area (Å²) in [5.41, 5.74) is 5.28. The number of hydrogen-bond donors (Lipinski definition) is 1. The second-order valence-corrected chi connectivity index (χ2v) is 3.55. The van der Waals surface area contributed by atoms with Crippen molar-refractivity contribution in [3.63, 3.8) is 0 Å². The van der Waals surface area contributed by atoms with Gasteiger partial charge in [0.1, 0.15) is 18.2 Å². The summed E-state index contributed by atoms with van der Waals surface area (Å²) >= 11 is 0. The van der Waals surface area contributed by atoms with Crippen LogP contribution in [-0.2, 0) is 4.74 Å². The zero-order valence-corrected chi connectivity index (χ0v) is 9.47. The lowest BCUT2D eigenvalue weighted by molar-refractivity contribution is -0.174. The third kappa shape index (κ3) is 5.72. The Hall–Kier alpha value is -1.50. The Morgan fingerprint density at radius 3 is 2.50 bits per heavy atom. The van der Waals surface area contributed by atoms with Crippen molar-refractivity contribution in [1.82, 2.24) is 0 Å². The number of nitrogens with two attached hydrogens (primary N) is 1. The summed E-state index contributed by atoms with van der Waals surface area (Å²) in [5, 5.41) is 0. The number of alkyl halides is 3. The monoisotopic (exact) mass is 267 g/mol. The van der Waals surface area contributed by atoms with Crippen molar-refractivity contribution < 1.29 is 27.0 Å². The fraction of sp³-hybridized carbons (Fsp3) is 0.455. The van der Waals surface area contributed by atoms with Gasteiger partial charge >= 0.3 is 6.18 Å². The highest BCUT2D eigenvalue weighted by Crippen LogP contribution is 2.18. The molecule has 3 nitrogen and oxygen atoms in total. The van der Waals surface area contributed by atoms with E-state index in [1.807, 2.05) is 0 Å². The topological polar surface area (TPSA) is 44.5 Å². The second-order valence-electron chi connectivity index (χ2n) is 3.55. The molecule has 0 atom stereocenters. The number of hydrogen-bond acceptors (Lipinski definition) is 3. The summed E-state index contributed by atoms with van der Waals surface area (Å²) in [4.78, 5) is 0. The van der Waals surface area contributed by atoms with Gasteiger partial charge in [-0.2, -0.15) is 13.2 Å². The lowest BCUT2D eigenvalue weighted by atomic mass is 10.3. The van der Waals surface area contributed by atoms with Crippen LogP contribution in [0.3, 0.4) is 0 Å². The van der Waals surface area contributed by atoms with E-state index in [0.717, 1.165) is 6.07 Å².